The molecular formula is C12H26N2O3. The van der Waals surface area contributed by atoms with E-state index in [9.17, 15) is 4.79 Å². The summed E-state index contributed by atoms with van der Waals surface area (Å²) in [4.78, 5) is 13.6. The molecule has 1 atom stereocenters. The minimum absolute atomic E-state index is 0.335. The summed E-state index contributed by atoms with van der Waals surface area (Å²) in [7, 11) is 1.99. The molecule has 0 saturated carbocycles. The van der Waals surface area contributed by atoms with Crippen LogP contribution in [0.4, 0.5) is 0 Å². The van der Waals surface area contributed by atoms with Gasteiger partial charge in [0.2, 0.25) is 0 Å². The second-order valence-corrected chi connectivity index (χ2v) is 4.39. The largest absolute Gasteiger partial charge is 0.465 e. The maximum atomic E-state index is 11.5. The number of esters is 1. The van der Waals surface area contributed by atoms with E-state index >= 15 is 0 Å². The van der Waals surface area contributed by atoms with E-state index in [1.54, 1.807) is 13.8 Å². The Morgan fingerprint density at radius 1 is 1.29 bits per heavy atom. The van der Waals surface area contributed by atoms with Crippen LogP contribution in [0.2, 0.25) is 0 Å². The molecule has 102 valence electrons. The fourth-order valence-corrected chi connectivity index (χ4v) is 1.30. The van der Waals surface area contributed by atoms with Gasteiger partial charge in [-0.15, -0.1) is 0 Å². The van der Waals surface area contributed by atoms with Crippen molar-refractivity contribution in [3.63, 3.8) is 0 Å². The van der Waals surface area contributed by atoms with Crippen LogP contribution in [0.15, 0.2) is 0 Å². The van der Waals surface area contributed by atoms with Crippen LogP contribution in [0.25, 0.3) is 0 Å². The normalized spacial score (nSPS) is 14.7. The molecule has 0 rings (SSSR count). The Hall–Kier alpha value is -0.650. The molecular weight excluding hydrogens is 220 g/mol. The van der Waals surface area contributed by atoms with Crippen molar-refractivity contribution in [2.45, 2.75) is 32.7 Å². The van der Waals surface area contributed by atoms with E-state index in [0.29, 0.717) is 19.6 Å². The first kappa shape index (κ1) is 16.4. The van der Waals surface area contributed by atoms with E-state index in [-0.39, 0.29) is 5.97 Å². The molecule has 0 radical (unpaired) electrons. The fourth-order valence-electron chi connectivity index (χ4n) is 1.30. The molecule has 0 saturated heterocycles. The maximum absolute atomic E-state index is 11.5. The van der Waals surface area contributed by atoms with Crippen LogP contribution in [0.1, 0.15) is 27.2 Å². The van der Waals surface area contributed by atoms with E-state index < -0.39 is 5.54 Å². The van der Waals surface area contributed by atoms with Gasteiger partial charge >= 0.3 is 5.97 Å². The highest BCUT2D eigenvalue weighted by atomic mass is 16.5. The predicted molar refractivity (Wildman–Crippen MR) is 67.8 cm³/mol. The lowest BCUT2D eigenvalue weighted by Gasteiger charge is -2.25. The lowest BCUT2D eigenvalue weighted by molar-refractivity contribution is -0.149. The molecule has 5 nitrogen and oxygen atoms in total. The molecule has 0 aromatic heterocycles. The highest BCUT2D eigenvalue weighted by Crippen LogP contribution is 2.09. The summed E-state index contributed by atoms with van der Waals surface area (Å²) in [5, 5.41) is 0. The van der Waals surface area contributed by atoms with Gasteiger partial charge in [0.1, 0.15) is 5.54 Å². The maximum Gasteiger partial charge on any atom is 0.325 e. The minimum Gasteiger partial charge on any atom is -0.465 e. The van der Waals surface area contributed by atoms with Gasteiger partial charge in [-0.05, 0) is 34.2 Å². The van der Waals surface area contributed by atoms with Crippen LogP contribution >= 0.6 is 0 Å². The quantitative estimate of drug-likeness (QED) is 0.477. The molecule has 5 heteroatoms. The van der Waals surface area contributed by atoms with Crippen LogP contribution in [0.5, 0.6) is 0 Å². The van der Waals surface area contributed by atoms with Crippen LogP contribution < -0.4 is 5.73 Å². The number of carbonyl (C=O) groups excluding carboxylic acids is 1. The summed E-state index contributed by atoms with van der Waals surface area (Å²) in [6.07, 6.45) is 0.578. The van der Waals surface area contributed by atoms with Gasteiger partial charge in [-0.2, -0.15) is 0 Å². The predicted octanol–water partition coefficient (Wildman–Crippen LogP) is 0.625. The van der Waals surface area contributed by atoms with E-state index in [0.717, 1.165) is 19.7 Å². The Labute approximate surface area is 104 Å². The van der Waals surface area contributed by atoms with Gasteiger partial charge in [0.25, 0.3) is 0 Å². The molecule has 1 unspecified atom stereocenters. The SMILES string of the molecule is CCOCCN(C)CCC(C)(N)C(=O)OCC. The average Bonchev–Trinajstić information content (AvgIpc) is 2.27. The van der Waals surface area contributed by atoms with Crippen molar-refractivity contribution in [2.24, 2.45) is 5.73 Å². The second kappa shape index (κ2) is 8.44. The number of ether oxygens (including phenoxy) is 2. The Morgan fingerprint density at radius 2 is 1.94 bits per heavy atom. The monoisotopic (exact) mass is 246 g/mol. The number of nitrogens with two attached hydrogens (primary N) is 1. The van der Waals surface area contributed by atoms with Gasteiger partial charge in [-0.1, -0.05) is 0 Å². The van der Waals surface area contributed by atoms with Gasteiger partial charge in [0.05, 0.1) is 13.2 Å². The third-order valence-corrected chi connectivity index (χ3v) is 2.58. The highest BCUT2D eigenvalue weighted by Gasteiger charge is 2.29. The summed E-state index contributed by atoms with van der Waals surface area (Å²) in [5.74, 6) is -0.335. The lowest BCUT2D eigenvalue weighted by atomic mass is 9.99. The molecule has 0 fully saturated rings. The van der Waals surface area contributed by atoms with E-state index in [4.69, 9.17) is 15.2 Å². The van der Waals surface area contributed by atoms with Crippen LogP contribution in [0.3, 0.4) is 0 Å². The number of carbonyl (C=O) groups is 1. The number of likely N-dealkylation sites (N-methyl/N-ethyl adjacent to an activating group) is 1. The van der Waals surface area contributed by atoms with Gasteiger partial charge in [-0.3, -0.25) is 4.79 Å². The molecule has 0 spiro atoms. The van der Waals surface area contributed by atoms with E-state index in [2.05, 4.69) is 4.90 Å². The summed E-state index contributed by atoms with van der Waals surface area (Å²) in [6.45, 7) is 8.84. The third kappa shape index (κ3) is 7.31. The zero-order chi connectivity index (χ0) is 13.3. The summed E-state index contributed by atoms with van der Waals surface area (Å²) >= 11 is 0. The number of nitrogens with zero attached hydrogens (tertiary/aromatic N) is 1. The first-order valence-corrected chi connectivity index (χ1v) is 6.16. The van der Waals surface area contributed by atoms with Crippen molar-refractivity contribution < 1.29 is 14.3 Å². The van der Waals surface area contributed by atoms with Crippen molar-refractivity contribution in [3.05, 3.63) is 0 Å². The van der Waals surface area contributed by atoms with Crippen LogP contribution in [0, 0.1) is 0 Å². The molecule has 0 bridgehead atoms. The topological polar surface area (TPSA) is 64.8 Å². The standard InChI is InChI=1S/C12H26N2O3/c1-5-16-10-9-14(4)8-7-12(3,13)11(15)17-6-2/h5-10,13H2,1-4H3. The third-order valence-electron chi connectivity index (χ3n) is 2.58. The average molecular weight is 246 g/mol. The molecule has 0 amide bonds. The molecule has 0 heterocycles. The zero-order valence-electron chi connectivity index (χ0n) is 11.5. The Kier molecular flexibility index (Phi) is 8.12. The first-order valence-electron chi connectivity index (χ1n) is 6.16. The molecule has 0 aliphatic heterocycles. The Morgan fingerprint density at radius 3 is 2.47 bits per heavy atom. The van der Waals surface area contributed by atoms with E-state index in [1.807, 2.05) is 14.0 Å². The van der Waals surface area contributed by atoms with Gasteiger partial charge in [0, 0.05) is 19.7 Å². The van der Waals surface area contributed by atoms with Crippen LogP contribution in [-0.4, -0.2) is 56.4 Å². The molecule has 0 aromatic carbocycles. The molecule has 0 aliphatic rings. The number of hydrogen-bond acceptors (Lipinski definition) is 5. The minimum atomic E-state index is -0.907. The molecule has 17 heavy (non-hydrogen) atoms. The lowest BCUT2D eigenvalue weighted by Crippen LogP contribution is -2.48. The molecule has 2 N–H and O–H groups in total. The van der Waals surface area contributed by atoms with Gasteiger partial charge in [-0.25, -0.2) is 0 Å². The van der Waals surface area contributed by atoms with Crippen LogP contribution in [-0.2, 0) is 14.3 Å². The first-order chi connectivity index (χ1) is 7.94. The summed E-state index contributed by atoms with van der Waals surface area (Å²) in [6, 6.07) is 0. The van der Waals surface area contributed by atoms with Crippen molar-refractivity contribution in [1.82, 2.24) is 4.90 Å². The smallest absolute Gasteiger partial charge is 0.325 e. The summed E-state index contributed by atoms with van der Waals surface area (Å²) < 4.78 is 10.2. The second-order valence-electron chi connectivity index (χ2n) is 4.39. The molecule has 0 aromatic rings. The van der Waals surface area contributed by atoms with Crippen molar-refractivity contribution in [2.75, 3.05) is 40.0 Å². The fraction of sp³-hybridized carbons (Fsp3) is 0.917. The number of hydrogen-bond donors (Lipinski definition) is 1. The van der Waals surface area contributed by atoms with Crippen molar-refractivity contribution in [3.8, 4) is 0 Å². The van der Waals surface area contributed by atoms with Gasteiger partial charge in [0.15, 0.2) is 0 Å². The van der Waals surface area contributed by atoms with E-state index in [1.165, 1.54) is 0 Å². The zero-order valence-corrected chi connectivity index (χ0v) is 11.5. The number of rotatable bonds is 9. The Bertz CT molecular complexity index is 220. The molecule has 0 aliphatic carbocycles. The van der Waals surface area contributed by atoms with Crippen molar-refractivity contribution in [1.29, 1.82) is 0 Å². The van der Waals surface area contributed by atoms with Crippen molar-refractivity contribution >= 4 is 5.97 Å². The summed E-state index contributed by atoms with van der Waals surface area (Å²) in [5.41, 5.74) is 5.01. The Balaban J connectivity index is 3.87. The van der Waals surface area contributed by atoms with Gasteiger partial charge < -0.3 is 20.1 Å². The highest BCUT2D eigenvalue weighted by molar-refractivity contribution is 5.79.